The van der Waals surface area contributed by atoms with E-state index in [1.165, 1.54) is 26.0 Å². The number of nitrogens with one attached hydrogen (secondary N) is 2. The van der Waals surface area contributed by atoms with E-state index in [9.17, 15) is 29.8 Å². The summed E-state index contributed by atoms with van der Waals surface area (Å²) in [6.07, 6.45) is 0. The first-order valence-corrected chi connectivity index (χ1v) is 9.21. The van der Waals surface area contributed by atoms with Crippen molar-refractivity contribution >= 4 is 34.6 Å². The summed E-state index contributed by atoms with van der Waals surface area (Å²) < 4.78 is 0. The SMILES string of the molecule is C/C(=N\NC(=O)C(=O)N/N=C(\C)c1ccc(C)c([N+](=O)[O-])c1)c1ccc(C)c([N+](=O)[O-])c1. The van der Waals surface area contributed by atoms with Crippen LogP contribution in [0.1, 0.15) is 36.1 Å². The van der Waals surface area contributed by atoms with Gasteiger partial charge in [-0.25, -0.2) is 10.9 Å². The molecule has 0 aromatic heterocycles. The molecule has 2 aromatic carbocycles. The summed E-state index contributed by atoms with van der Waals surface area (Å²) in [7, 11) is 0. The third-order valence-corrected chi connectivity index (χ3v) is 4.50. The molecule has 0 saturated heterocycles. The molecule has 0 aliphatic rings. The van der Waals surface area contributed by atoms with Crippen molar-refractivity contribution in [3.05, 3.63) is 78.9 Å². The zero-order chi connectivity index (χ0) is 24.0. The topological polar surface area (TPSA) is 169 Å². The molecule has 0 heterocycles. The first-order valence-electron chi connectivity index (χ1n) is 9.21. The molecule has 0 radical (unpaired) electrons. The number of hydrogen-bond acceptors (Lipinski definition) is 8. The number of hydrazone groups is 2. The van der Waals surface area contributed by atoms with Gasteiger partial charge in [-0.1, -0.05) is 24.3 Å². The average molecular weight is 440 g/mol. The quantitative estimate of drug-likeness (QED) is 0.302. The van der Waals surface area contributed by atoms with Crippen molar-refractivity contribution in [2.24, 2.45) is 10.2 Å². The van der Waals surface area contributed by atoms with Crippen LogP contribution >= 0.6 is 0 Å². The van der Waals surface area contributed by atoms with Gasteiger partial charge in [-0.05, 0) is 27.7 Å². The minimum absolute atomic E-state index is 0.0951. The Hall–Kier alpha value is -4.48. The highest BCUT2D eigenvalue weighted by Gasteiger charge is 2.16. The second-order valence-corrected chi connectivity index (χ2v) is 6.79. The summed E-state index contributed by atoms with van der Waals surface area (Å²) in [5, 5.41) is 29.7. The molecule has 0 aliphatic carbocycles. The molecule has 0 atom stereocenters. The maximum atomic E-state index is 11.9. The maximum Gasteiger partial charge on any atom is 0.331 e. The molecule has 2 amide bonds. The highest BCUT2D eigenvalue weighted by molar-refractivity contribution is 6.35. The van der Waals surface area contributed by atoms with Gasteiger partial charge in [0.25, 0.3) is 11.4 Å². The molecule has 2 rings (SSSR count). The highest BCUT2D eigenvalue weighted by Crippen LogP contribution is 2.20. The van der Waals surface area contributed by atoms with Gasteiger partial charge in [0.15, 0.2) is 0 Å². The third-order valence-electron chi connectivity index (χ3n) is 4.50. The molecule has 0 unspecified atom stereocenters. The van der Waals surface area contributed by atoms with Crippen molar-refractivity contribution in [1.82, 2.24) is 10.9 Å². The fraction of sp³-hybridized carbons (Fsp3) is 0.200. The van der Waals surface area contributed by atoms with Crippen LogP contribution in [-0.2, 0) is 9.59 Å². The van der Waals surface area contributed by atoms with Gasteiger partial charge < -0.3 is 0 Å². The molecule has 0 bridgehead atoms. The van der Waals surface area contributed by atoms with E-state index in [-0.39, 0.29) is 22.8 Å². The second kappa shape index (κ2) is 10.0. The molecule has 0 aliphatic heterocycles. The van der Waals surface area contributed by atoms with E-state index in [0.29, 0.717) is 22.3 Å². The van der Waals surface area contributed by atoms with Gasteiger partial charge in [0.1, 0.15) is 0 Å². The van der Waals surface area contributed by atoms with E-state index < -0.39 is 21.7 Å². The van der Waals surface area contributed by atoms with Gasteiger partial charge >= 0.3 is 11.8 Å². The minimum Gasteiger partial charge on any atom is -0.262 e. The first kappa shape index (κ1) is 23.8. The van der Waals surface area contributed by atoms with Gasteiger partial charge in [-0.2, -0.15) is 10.2 Å². The Kier molecular flexibility index (Phi) is 7.45. The van der Waals surface area contributed by atoms with Gasteiger partial charge in [0.2, 0.25) is 0 Å². The summed E-state index contributed by atoms with van der Waals surface area (Å²) >= 11 is 0. The number of aryl methyl sites for hydroxylation is 2. The number of nitrogens with zero attached hydrogens (tertiary/aromatic N) is 4. The minimum atomic E-state index is -1.11. The van der Waals surface area contributed by atoms with Crippen LogP contribution in [-0.4, -0.2) is 33.1 Å². The Morgan fingerprint density at radius 2 is 1.09 bits per heavy atom. The van der Waals surface area contributed by atoms with Crippen LogP contribution in [0.15, 0.2) is 46.6 Å². The molecule has 0 saturated carbocycles. The van der Waals surface area contributed by atoms with E-state index in [4.69, 9.17) is 0 Å². The zero-order valence-electron chi connectivity index (χ0n) is 17.7. The predicted molar refractivity (Wildman–Crippen MR) is 116 cm³/mol. The van der Waals surface area contributed by atoms with Crippen LogP contribution in [0.4, 0.5) is 11.4 Å². The van der Waals surface area contributed by atoms with Crippen molar-refractivity contribution in [2.75, 3.05) is 0 Å². The number of hydrogen-bond donors (Lipinski definition) is 2. The van der Waals surface area contributed by atoms with Gasteiger partial charge in [0, 0.05) is 34.4 Å². The number of carbonyl (C=O) groups excluding carboxylic acids is 2. The lowest BCUT2D eigenvalue weighted by Crippen LogP contribution is -2.36. The molecule has 2 aromatic rings. The lowest BCUT2D eigenvalue weighted by molar-refractivity contribution is -0.385. The smallest absolute Gasteiger partial charge is 0.262 e. The van der Waals surface area contributed by atoms with E-state index in [1.807, 2.05) is 10.9 Å². The number of carbonyl (C=O) groups is 2. The Morgan fingerprint density at radius 3 is 1.41 bits per heavy atom. The summed E-state index contributed by atoms with van der Waals surface area (Å²) in [6, 6.07) is 8.93. The average Bonchev–Trinajstić information content (AvgIpc) is 2.75. The first-order chi connectivity index (χ1) is 15.0. The van der Waals surface area contributed by atoms with Crippen molar-refractivity contribution in [1.29, 1.82) is 0 Å². The Morgan fingerprint density at radius 1 is 0.750 bits per heavy atom. The van der Waals surface area contributed by atoms with Gasteiger partial charge in [-0.15, -0.1) is 0 Å². The second-order valence-electron chi connectivity index (χ2n) is 6.79. The fourth-order valence-electron chi connectivity index (χ4n) is 2.56. The number of benzene rings is 2. The van der Waals surface area contributed by atoms with Crippen molar-refractivity contribution in [3.63, 3.8) is 0 Å². The molecule has 166 valence electrons. The molecular weight excluding hydrogens is 420 g/mol. The van der Waals surface area contributed by atoms with Gasteiger partial charge in [0.05, 0.1) is 21.3 Å². The maximum absolute atomic E-state index is 11.9. The molecule has 32 heavy (non-hydrogen) atoms. The van der Waals surface area contributed by atoms with Crippen LogP contribution in [0.2, 0.25) is 0 Å². The molecular formula is C20H20N6O6. The molecule has 2 N–H and O–H groups in total. The van der Waals surface area contributed by atoms with Crippen molar-refractivity contribution in [2.45, 2.75) is 27.7 Å². The highest BCUT2D eigenvalue weighted by atomic mass is 16.6. The number of rotatable bonds is 6. The lowest BCUT2D eigenvalue weighted by Gasteiger charge is -2.05. The van der Waals surface area contributed by atoms with Gasteiger partial charge in [-0.3, -0.25) is 29.8 Å². The Balaban J connectivity index is 2.06. The van der Waals surface area contributed by atoms with E-state index in [1.54, 1.807) is 38.1 Å². The van der Waals surface area contributed by atoms with Crippen LogP contribution in [0.3, 0.4) is 0 Å². The van der Waals surface area contributed by atoms with E-state index >= 15 is 0 Å². The van der Waals surface area contributed by atoms with E-state index in [2.05, 4.69) is 10.2 Å². The predicted octanol–water partition coefficient (Wildman–Crippen LogP) is 2.50. The third kappa shape index (κ3) is 5.78. The number of amides is 2. The number of nitro groups is 2. The summed E-state index contributed by atoms with van der Waals surface area (Å²) in [6.45, 7) is 6.22. The Labute approximate surface area is 182 Å². The van der Waals surface area contributed by atoms with E-state index in [0.717, 1.165) is 0 Å². The van der Waals surface area contributed by atoms with Crippen LogP contribution in [0.5, 0.6) is 0 Å². The molecule has 12 nitrogen and oxygen atoms in total. The van der Waals surface area contributed by atoms with Crippen LogP contribution in [0.25, 0.3) is 0 Å². The van der Waals surface area contributed by atoms with Crippen molar-refractivity contribution < 1.29 is 19.4 Å². The van der Waals surface area contributed by atoms with Crippen LogP contribution < -0.4 is 10.9 Å². The van der Waals surface area contributed by atoms with Crippen molar-refractivity contribution in [3.8, 4) is 0 Å². The summed E-state index contributed by atoms with van der Waals surface area (Å²) in [5.41, 5.74) is 6.16. The monoisotopic (exact) mass is 440 g/mol. The zero-order valence-corrected chi connectivity index (χ0v) is 17.7. The standard InChI is InChI=1S/C20H20N6O6/c1-11-5-7-15(9-17(11)25(29)30)13(3)21-23-19(27)20(28)24-22-14(4)16-8-6-12(2)18(10-16)26(31)32/h5-10H,1-4H3,(H,23,27)(H,24,28)/b21-13+,22-14+. The fourth-order valence-corrected chi connectivity index (χ4v) is 2.56. The normalized spacial score (nSPS) is 11.6. The molecule has 0 spiro atoms. The molecule has 12 heteroatoms. The lowest BCUT2D eigenvalue weighted by atomic mass is 10.1. The summed E-state index contributed by atoms with van der Waals surface area (Å²) in [5.74, 6) is -2.23. The Bertz CT molecular complexity index is 1080. The largest absolute Gasteiger partial charge is 0.331 e. The number of nitro benzene ring substituents is 2. The summed E-state index contributed by atoms with van der Waals surface area (Å²) in [4.78, 5) is 44.9. The molecule has 0 fully saturated rings. The van der Waals surface area contributed by atoms with Crippen LogP contribution in [0, 0.1) is 34.1 Å².